The number of allylic oxidation sites excluding steroid dienone is 2. The Bertz CT molecular complexity index is 2520. The van der Waals surface area contributed by atoms with Crippen molar-refractivity contribution in [2.24, 2.45) is 0 Å². The number of rotatable bonds is 6. The normalized spacial score (nSPS) is 16.0. The first-order valence-electron chi connectivity index (χ1n) is 17.7. The number of anilines is 5. The summed E-state index contributed by atoms with van der Waals surface area (Å²) in [6.07, 6.45) is 9.02. The van der Waals surface area contributed by atoms with Crippen molar-refractivity contribution in [3.8, 4) is 16.8 Å². The minimum atomic E-state index is 0.272. The van der Waals surface area contributed by atoms with E-state index in [1.165, 1.54) is 49.9 Å². The Kier molecular flexibility index (Phi) is 6.95. The van der Waals surface area contributed by atoms with E-state index in [2.05, 4.69) is 215 Å². The molecule has 1 aromatic heterocycles. The maximum absolute atomic E-state index is 2.49. The van der Waals surface area contributed by atoms with Crippen molar-refractivity contribution in [3.63, 3.8) is 0 Å². The van der Waals surface area contributed by atoms with E-state index in [4.69, 9.17) is 0 Å². The topological polar surface area (TPSA) is 11.4 Å². The smallest absolute Gasteiger partial charge is 0.0629 e. The second-order valence-corrected chi connectivity index (χ2v) is 13.4. The average molecular weight is 654 g/mol. The van der Waals surface area contributed by atoms with Crippen LogP contribution in [0.5, 0.6) is 0 Å². The molecule has 0 amide bonds. The lowest BCUT2D eigenvalue weighted by Gasteiger charge is -2.30. The van der Waals surface area contributed by atoms with Crippen molar-refractivity contribution in [2.45, 2.75) is 12.0 Å². The molecule has 7 aromatic carbocycles. The third-order valence-electron chi connectivity index (χ3n) is 10.5. The van der Waals surface area contributed by atoms with Gasteiger partial charge in [-0.25, -0.2) is 0 Å². The van der Waals surface area contributed by atoms with E-state index < -0.39 is 0 Å². The molecule has 0 saturated heterocycles. The molecule has 51 heavy (non-hydrogen) atoms. The third-order valence-corrected chi connectivity index (χ3v) is 10.5. The van der Waals surface area contributed by atoms with Crippen molar-refractivity contribution >= 4 is 50.2 Å². The predicted octanol–water partition coefficient (Wildman–Crippen LogP) is 12.7. The van der Waals surface area contributed by atoms with Crippen molar-refractivity contribution in [3.05, 3.63) is 206 Å². The average Bonchev–Trinajstić information content (AvgIpc) is 3.72. The zero-order valence-corrected chi connectivity index (χ0v) is 28.0. The maximum Gasteiger partial charge on any atom is 0.0629 e. The molecule has 242 valence electrons. The van der Waals surface area contributed by atoms with Gasteiger partial charge in [0.05, 0.1) is 17.1 Å². The van der Waals surface area contributed by atoms with Gasteiger partial charge < -0.3 is 14.4 Å². The van der Waals surface area contributed by atoms with E-state index in [1.807, 2.05) is 0 Å². The quantitative estimate of drug-likeness (QED) is 0.177. The molecule has 0 saturated carbocycles. The van der Waals surface area contributed by atoms with Gasteiger partial charge in [0.2, 0.25) is 0 Å². The highest BCUT2D eigenvalue weighted by Gasteiger charge is 2.37. The molecule has 3 nitrogen and oxygen atoms in total. The molecule has 0 bridgehead atoms. The lowest BCUT2D eigenvalue weighted by Crippen LogP contribution is -2.28. The van der Waals surface area contributed by atoms with E-state index in [1.54, 1.807) is 0 Å². The molecule has 0 radical (unpaired) electrons. The SMILES string of the molecule is C1=CC2c3ccccc3N(c3ccc(N(c4ccc(-c5ccccc5)cc4)c4ccc(-n5c6ccccc6c6ccccc65)cc4)cc3)C2C=C1. The van der Waals surface area contributed by atoms with Gasteiger partial charge in [-0.15, -0.1) is 0 Å². The Hall–Kier alpha value is -6.58. The van der Waals surface area contributed by atoms with Crippen molar-refractivity contribution in [1.82, 2.24) is 4.57 Å². The zero-order valence-electron chi connectivity index (χ0n) is 28.0. The number of fused-ring (bicyclic) bond motifs is 6. The molecule has 2 aliphatic rings. The molecule has 2 heterocycles. The van der Waals surface area contributed by atoms with E-state index in [0.29, 0.717) is 5.92 Å². The molecule has 3 heteroatoms. The van der Waals surface area contributed by atoms with Gasteiger partial charge in [0, 0.05) is 50.8 Å². The van der Waals surface area contributed by atoms with Crippen molar-refractivity contribution < 1.29 is 0 Å². The summed E-state index contributed by atoms with van der Waals surface area (Å²) >= 11 is 0. The number of hydrogen-bond donors (Lipinski definition) is 0. The second kappa shape index (κ2) is 12.1. The fourth-order valence-electron chi connectivity index (χ4n) is 8.18. The molecule has 0 spiro atoms. The summed E-state index contributed by atoms with van der Waals surface area (Å²) < 4.78 is 2.37. The fraction of sp³-hybridized carbons (Fsp3) is 0.0417. The number of aromatic nitrogens is 1. The minimum Gasteiger partial charge on any atom is -0.333 e. The van der Waals surface area contributed by atoms with Crippen LogP contribution in [0.4, 0.5) is 28.4 Å². The molecule has 2 unspecified atom stereocenters. The molecule has 10 rings (SSSR count). The van der Waals surface area contributed by atoms with Gasteiger partial charge in [0.25, 0.3) is 0 Å². The highest BCUT2D eigenvalue weighted by atomic mass is 15.2. The molecule has 1 aliphatic heterocycles. The molecule has 8 aromatic rings. The van der Waals surface area contributed by atoms with Gasteiger partial charge in [-0.2, -0.15) is 0 Å². The van der Waals surface area contributed by atoms with Crippen LogP contribution in [-0.2, 0) is 0 Å². The van der Waals surface area contributed by atoms with Crippen LogP contribution in [0, 0.1) is 0 Å². The Labute approximate surface area is 298 Å². The van der Waals surface area contributed by atoms with Crippen molar-refractivity contribution in [2.75, 3.05) is 9.80 Å². The van der Waals surface area contributed by atoms with Crippen LogP contribution in [0.25, 0.3) is 38.6 Å². The summed E-state index contributed by atoms with van der Waals surface area (Å²) in [6, 6.07) is 64.0. The van der Waals surface area contributed by atoms with Gasteiger partial charge in [-0.05, 0) is 95.6 Å². The van der Waals surface area contributed by atoms with E-state index in [-0.39, 0.29) is 6.04 Å². The first kappa shape index (κ1) is 29.3. The van der Waals surface area contributed by atoms with E-state index in [0.717, 1.165) is 22.7 Å². The van der Waals surface area contributed by atoms with Crippen LogP contribution in [0.3, 0.4) is 0 Å². The predicted molar refractivity (Wildman–Crippen MR) is 214 cm³/mol. The van der Waals surface area contributed by atoms with Gasteiger partial charge in [0.15, 0.2) is 0 Å². The highest BCUT2D eigenvalue weighted by molar-refractivity contribution is 6.09. The largest absolute Gasteiger partial charge is 0.333 e. The van der Waals surface area contributed by atoms with Crippen LogP contribution in [0.15, 0.2) is 200 Å². The second-order valence-electron chi connectivity index (χ2n) is 13.4. The van der Waals surface area contributed by atoms with Gasteiger partial charge in [0.1, 0.15) is 0 Å². The van der Waals surface area contributed by atoms with Crippen LogP contribution in [-0.4, -0.2) is 10.6 Å². The molecule has 0 fully saturated rings. The van der Waals surface area contributed by atoms with Gasteiger partial charge in [-0.3, -0.25) is 0 Å². The fourth-order valence-corrected chi connectivity index (χ4v) is 8.18. The minimum absolute atomic E-state index is 0.272. The first-order valence-corrected chi connectivity index (χ1v) is 17.7. The van der Waals surface area contributed by atoms with Crippen LogP contribution in [0.1, 0.15) is 11.5 Å². The molecule has 1 aliphatic carbocycles. The zero-order chi connectivity index (χ0) is 33.7. The van der Waals surface area contributed by atoms with Gasteiger partial charge >= 0.3 is 0 Å². The standard InChI is InChI=1S/C48H35N3/c1-2-12-34(13-3-1)35-22-24-36(25-23-35)49(37-26-30-39(31-27-37)50-45-18-8-4-14-41(45)42-15-5-9-19-46(42)50)38-28-32-40(33-29-38)51-47-20-10-6-16-43(47)44-17-7-11-21-48(44)51/h1-33,41,45H. The summed E-state index contributed by atoms with van der Waals surface area (Å²) in [4.78, 5) is 4.85. The summed E-state index contributed by atoms with van der Waals surface area (Å²) in [5, 5.41) is 2.54. The van der Waals surface area contributed by atoms with E-state index in [9.17, 15) is 0 Å². The third kappa shape index (κ3) is 4.89. The Morgan fingerprint density at radius 2 is 0.922 bits per heavy atom. The summed E-state index contributed by atoms with van der Waals surface area (Å²) in [5.74, 6) is 0.360. The Morgan fingerprint density at radius 1 is 0.412 bits per heavy atom. The maximum atomic E-state index is 2.49. The van der Waals surface area contributed by atoms with E-state index >= 15 is 0 Å². The van der Waals surface area contributed by atoms with Crippen molar-refractivity contribution in [1.29, 1.82) is 0 Å². The summed E-state index contributed by atoms with van der Waals surface area (Å²) in [6.45, 7) is 0. The summed E-state index contributed by atoms with van der Waals surface area (Å²) in [5.41, 5.74) is 13.2. The highest BCUT2D eigenvalue weighted by Crippen LogP contribution is 2.48. The number of benzene rings is 7. The molecular formula is C48H35N3. The Morgan fingerprint density at radius 3 is 1.59 bits per heavy atom. The first-order chi connectivity index (χ1) is 25.3. The lowest BCUT2D eigenvalue weighted by molar-refractivity contribution is 0.745. The Balaban J connectivity index is 1.06. The number of nitrogens with zero attached hydrogens (tertiary/aromatic N) is 3. The molecule has 2 atom stereocenters. The monoisotopic (exact) mass is 653 g/mol. The van der Waals surface area contributed by atoms with Crippen LogP contribution in [0.2, 0.25) is 0 Å². The van der Waals surface area contributed by atoms with Gasteiger partial charge in [-0.1, -0.05) is 121 Å². The molecule has 0 N–H and O–H groups in total. The van der Waals surface area contributed by atoms with Crippen LogP contribution >= 0.6 is 0 Å². The summed E-state index contributed by atoms with van der Waals surface area (Å²) in [7, 11) is 0. The number of hydrogen-bond acceptors (Lipinski definition) is 2. The number of para-hydroxylation sites is 3. The lowest BCUT2D eigenvalue weighted by atomic mass is 9.91. The van der Waals surface area contributed by atoms with Crippen LogP contribution < -0.4 is 9.80 Å². The molecular weight excluding hydrogens is 619 g/mol.